The van der Waals surface area contributed by atoms with E-state index < -0.39 is 0 Å². The molecule has 0 amide bonds. The van der Waals surface area contributed by atoms with Gasteiger partial charge in [-0.2, -0.15) is 0 Å². The van der Waals surface area contributed by atoms with Gasteiger partial charge in [-0.3, -0.25) is 0 Å². The molecule has 5 radical (unpaired) electrons. The van der Waals surface area contributed by atoms with Gasteiger partial charge in [0.25, 0.3) is 0 Å². The van der Waals surface area contributed by atoms with Crippen LogP contribution in [-0.2, 0) is 60.6 Å². The second kappa shape index (κ2) is 40.3. The van der Waals surface area contributed by atoms with E-state index in [4.69, 9.17) is 0 Å². The predicted octanol–water partition coefficient (Wildman–Crippen LogP) is -0.771. The number of rotatable bonds is 0. The maximum Gasteiger partial charge on any atom is 3.00 e. The standard InChI is InChI=1S/3S.2Sb.Tc/q3*-2;2*+3;/i;;;;;1+1. The van der Waals surface area contributed by atoms with Crippen molar-refractivity contribution in [2.75, 3.05) is 0 Å². The molecule has 6 heteroatoms. The first-order valence-corrected chi connectivity index (χ1v) is 0. The van der Waals surface area contributed by atoms with E-state index in [0.29, 0.717) is 0 Å². The Morgan fingerprint density at radius 2 is 0.500 bits per heavy atom. The van der Waals surface area contributed by atoms with Gasteiger partial charge in [-0.15, -0.1) is 0 Å². The predicted molar refractivity (Wildman–Crippen MR) is 33.6 cm³/mol. The van der Waals surface area contributed by atoms with Crippen molar-refractivity contribution in [3.8, 4) is 0 Å². The zero-order valence-electron chi connectivity index (χ0n) is 2.50. The summed E-state index contributed by atoms with van der Waals surface area (Å²) in [7, 11) is 0. The van der Waals surface area contributed by atoms with Crippen molar-refractivity contribution < 1.29 is 20.1 Å². The van der Waals surface area contributed by atoms with E-state index in [1.54, 1.807) is 0 Å². The Balaban J connectivity index is 0. The Labute approximate surface area is 108 Å². The fourth-order valence-corrected chi connectivity index (χ4v) is 0. The third-order valence-electron chi connectivity index (χ3n) is 0. The van der Waals surface area contributed by atoms with Crippen LogP contribution in [0, 0.1) is 0 Å². The molecule has 0 rings (SSSR count). The number of hydrogen-bond acceptors (Lipinski definition) is 0. The van der Waals surface area contributed by atoms with Crippen LogP contribution in [-0.4, -0.2) is 48.9 Å². The number of hydrogen-bond donors (Lipinski definition) is 0. The van der Waals surface area contributed by atoms with E-state index in [1.807, 2.05) is 0 Å². The van der Waals surface area contributed by atoms with Gasteiger partial charge in [-0.1, -0.05) is 0 Å². The van der Waals surface area contributed by atoms with Crippen LogP contribution in [0.4, 0.5) is 0 Å². The minimum absolute atomic E-state index is 0. The first-order valence-electron chi connectivity index (χ1n) is 0. The molecule has 0 nitrogen and oxygen atoms in total. The summed E-state index contributed by atoms with van der Waals surface area (Å²) in [5.41, 5.74) is 0. The molecule has 0 N–H and O–H groups in total. The molecule has 0 saturated heterocycles. The van der Waals surface area contributed by atoms with Crippen molar-refractivity contribution >= 4 is 89.3 Å². The van der Waals surface area contributed by atoms with Crippen molar-refractivity contribution in [3.05, 3.63) is 0 Å². The fourth-order valence-electron chi connectivity index (χ4n) is 0. The monoisotopic (exact) mass is 437 g/mol. The van der Waals surface area contributed by atoms with E-state index >= 15 is 0 Å². The summed E-state index contributed by atoms with van der Waals surface area (Å²) in [5.74, 6) is 0. The minimum Gasteiger partial charge on any atom is -2.00 e. The summed E-state index contributed by atoms with van der Waals surface area (Å²) in [6, 6.07) is 0. The van der Waals surface area contributed by atoms with Gasteiger partial charge in [-0.25, -0.2) is 0 Å². The molecule has 0 spiro atoms. The summed E-state index contributed by atoms with van der Waals surface area (Å²) in [5, 5.41) is 0. The summed E-state index contributed by atoms with van der Waals surface area (Å²) >= 11 is 0. The average molecular weight is 439 g/mol. The molecule has 0 saturated carbocycles. The second-order valence-electron chi connectivity index (χ2n) is 0. The maximum absolute atomic E-state index is 0. The van der Waals surface area contributed by atoms with E-state index in [2.05, 4.69) is 0 Å². The largest absolute Gasteiger partial charge is 3.00 e. The average Bonchev–Trinajstić information content (AvgIpc) is 0. The molecule has 0 atom stereocenters. The Hall–Kier alpha value is 3.34. The Morgan fingerprint density at radius 3 is 0.500 bits per heavy atom. The van der Waals surface area contributed by atoms with Gasteiger partial charge < -0.3 is 40.5 Å². The third kappa shape index (κ3) is 26.5. The van der Waals surface area contributed by atoms with Gasteiger partial charge in [0.2, 0.25) is 0 Å². The molecule has 0 aliphatic heterocycles. The van der Waals surface area contributed by atoms with Crippen LogP contribution in [0.2, 0.25) is 0 Å². The van der Waals surface area contributed by atoms with Gasteiger partial charge in [-0.05, 0) is 0 Å². The molecule has 35 valence electrons. The molecule has 0 bridgehead atoms. The summed E-state index contributed by atoms with van der Waals surface area (Å²) < 4.78 is 0. The van der Waals surface area contributed by atoms with Crippen LogP contribution in [0.3, 0.4) is 0 Å². The molecule has 0 aliphatic rings. The van der Waals surface area contributed by atoms with E-state index in [9.17, 15) is 0 Å². The quantitative estimate of drug-likeness (QED) is 0.436. The Bertz CT molecular complexity index is 8.75. The third-order valence-corrected chi connectivity index (χ3v) is 0. The molecule has 0 aliphatic carbocycles. The summed E-state index contributed by atoms with van der Waals surface area (Å²) in [4.78, 5) is 0. The van der Waals surface area contributed by atoms with Crippen LogP contribution in [0.15, 0.2) is 0 Å². The molecule has 0 aromatic rings. The van der Waals surface area contributed by atoms with E-state index in [1.165, 1.54) is 0 Å². The Morgan fingerprint density at radius 1 is 0.500 bits per heavy atom. The molecule has 0 unspecified atom stereocenters. The van der Waals surface area contributed by atoms with Crippen LogP contribution in [0.25, 0.3) is 0 Å². The summed E-state index contributed by atoms with van der Waals surface area (Å²) in [6.07, 6.45) is 0. The smallest absolute Gasteiger partial charge is 2.00 e. The van der Waals surface area contributed by atoms with Crippen molar-refractivity contribution in [3.63, 3.8) is 0 Å². The zero-order valence-corrected chi connectivity index (χ0v) is 11.9. The van der Waals surface area contributed by atoms with Crippen LogP contribution < -0.4 is 0 Å². The molecule has 0 fully saturated rings. The van der Waals surface area contributed by atoms with Crippen LogP contribution in [0.1, 0.15) is 0 Å². The second-order valence-corrected chi connectivity index (χ2v) is 0. The van der Waals surface area contributed by atoms with Crippen molar-refractivity contribution in [2.45, 2.75) is 0 Å². The molecule has 6 heavy (non-hydrogen) atoms. The van der Waals surface area contributed by atoms with Crippen molar-refractivity contribution in [1.29, 1.82) is 0 Å². The van der Waals surface area contributed by atoms with Gasteiger partial charge in [0, 0.05) is 20.1 Å². The molecular weight excluding hydrogens is 439 g/mol. The molecule has 0 heterocycles. The SMILES string of the molecule is [99Tc].[S-2].[S-2].[S-2].[Sb+3].[Sb+3]. The van der Waals surface area contributed by atoms with Gasteiger partial charge >= 0.3 is 48.9 Å². The first-order chi connectivity index (χ1) is 0. The topological polar surface area (TPSA) is 0 Å². The van der Waals surface area contributed by atoms with Gasteiger partial charge in [0.1, 0.15) is 0 Å². The molecule has 0 aromatic heterocycles. The summed E-state index contributed by atoms with van der Waals surface area (Å²) in [6.45, 7) is 0. The van der Waals surface area contributed by atoms with Crippen LogP contribution in [0.5, 0.6) is 0 Å². The van der Waals surface area contributed by atoms with Gasteiger partial charge in [0.05, 0.1) is 0 Å². The molecular formula is S3Sb2Tc. The van der Waals surface area contributed by atoms with Gasteiger partial charge in [0.15, 0.2) is 0 Å². The minimum atomic E-state index is 0. The molecule has 0 aromatic carbocycles. The normalized spacial score (nSPS) is 0. The first kappa shape index (κ1) is 58.3. The van der Waals surface area contributed by atoms with Crippen molar-refractivity contribution in [2.24, 2.45) is 0 Å². The maximum atomic E-state index is 0. The van der Waals surface area contributed by atoms with E-state index in [0.717, 1.165) is 0 Å². The Kier molecular flexibility index (Phi) is 392. The van der Waals surface area contributed by atoms with Crippen molar-refractivity contribution in [1.82, 2.24) is 0 Å². The van der Waals surface area contributed by atoms with E-state index in [-0.39, 0.29) is 109 Å². The fraction of sp³-hybridized carbons (Fsp3) is 0. The zero-order chi connectivity index (χ0) is 0. The van der Waals surface area contributed by atoms with Crippen LogP contribution >= 0.6 is 0 Å².